The predicted octanol–water partition coefficient (Wildman–Crippen LogP) is 3.79. The van der Waals surface area contributed by atoms with Crippen LogP contribution in [0.3, 0.4) is 0 Å². The number of ether oxygens (including phenoxy) is 1. The first-order valence-electron chi connectivity index (χ1n) is 5.77. The maximum atomic E-state index is 11.9. The van der Waals surface area contributed by atoms with E-state index in [2.05, 4.69) is 5.32 Å². The van der Waals surface area contributed by atoms with Crippen molar-refractivity contribution in [3.05, 3.63) is 46.7 Å². The van der Waals surface area contributed by atoms with Crippen molar-refractivity contribution in [2.24, 2.45) is 0 Å². The second-order valence-corrected chi connectivity index (χ2v) is 5.07. The number of carbonyl (C=O) groups excluding carboxylic acids is 1. The molecule has 4 heteroatoms. The van der Waals surface area contributed by atoms with Crippen LogP contribution >= 0.6 is 11.3 Å². The van der Waals surface area contributed by atoms with E-state index in [-0.39, 0.29) is 12.0 Å². The van der Waals surface area contributed by atoms with Crippen molar-refractivity contribution < 1.29 is 9.53 Å². The number of carbonyl (C=O) groups is 1. The van der Waals surface area contributed by atoms with Crippen LogP contribution in [-0.4, -0.2) is 12.0 Å². The monoisotopic (exact) mass is 261 g/mol. The van der Waals surface area contributed by atoms with Crippen molar-refractivity contribution in [2.75, 3.05) is 5.32 Å². The van der Waals surface area contributed by atoms with E-state index in [1.54, 1.807) is 6.07 Å². The van der Waals surface area contributed by atoms with Crippen molar-refractivity contribution in [3.63, 3.8) is 0 Å². The minimum Gasteiger partial charge on any atom is -0.491 e. The Morgan fingerprint density at radius 2 is 2.11 bits per heavy atom. The Bertz CT molecular complexity index is 520. The van der Waals surface area contributed by atoms with Gasteiger partial charge in [0, 0.05) is 11.8 Å². The van der Waals surface area contributed by atoms with Gasteiger partial charge in [-0.25, -0.2) is 0 Å². The SMILES string of the molecule is CC(C)Oc1cccc(NC(=O)c2cccs2)c1. The Balaban J connectivity index is 2.07. The number of amides is 1. The molecule has 2 aromatic rings. The molecule has 1 aromatic carbocycles. The third-order valence-corrected chi connectivity index (χ3v) is 3.08. The molecule has 2 rings (SSSR count). The van der Waals surface area contributed by atoms with Crippen LogP contribution in [0.4, 0.5) is 5.69 Å². The molecule has 1 N–H and O–H groups in total. The number of rotatable bonds is 4. The summed E-state index contributed by atoms with van der Waals surface area (Å²) < 4.78 is 5.58. The Kier molecular flexibility index (Phi) is 3.99. The molecule has 1 heterocycles. The zero-order chi connectivity index (χ0) is 13.0. The largest absolute Gasteiger partial charge is 0.491 e. The molecule has 0 aliphatic rings. The smallest absolute Gasteiger partial charge is 0.265 e. The lowest BCUT2D eigenvalue weighted by molar-refractivity contribution is 0.103. The highest BCUT2D eigenvalue weighted by atomic mass is 32.1. The van der Waals surface area contributed by atoms with Crippen molar-refractivity contribution in [3.8, 4) is 5.75 Å². The first kappa shape index (κ1) is 12.6. The number of nitrogens with one attached hydrogen (secondary N) is 1. The van der Waals surface area contributed by atoms with Crippen molar-refractivity contribution in [1.29, 1.82) is 0 Å². The summed E-state index contributed by atoms with van der Waals surface area (Å²) in [5.74, 6) is 0.667. The molecule has 0 aliphatic carbocycles. The topological polar surface area (TPSA) is 38.3 Å². The van der Waals surface area contributed by atoms with Gasteiger partial charge < -0.3 is 10.1 Å². The van der Waals surface area contributed by atoms with Crippen molar-refractivity contribution >= 4 is 22.9 Å². The lowest BCUT2D eigenvalue weighted by atomic mass is 10.3. The number of hydrogen-bond donors (Lipinski definition) is 1. The summed E-state index contributed by atoms with van der Waals surface area (Å²) in [5.41, 5.74) is 0.742. The molecule has 0 saturated heterocycles. The summed E-state index contributed by atoms with van der Waals surface area (Å²) in [7, 11) is 0. The summed E-state index contributed by atoms with van der Waals surface area (Å²) in [6.45, 7) is 3.94. The fourth-order valence-electron chi connectivity index (χ4n) is 1.52. The summed E-state index contributed by atoms with van der Waals surface area (Å²) in [6.07, 6.45) is 0.119. The maximum Gasteiger partial charge on any atom is 0.265 e. The fraction of sp³-hybridized carbons (Fsp3) is 0.214. The Morgan fingerprint density at radius 3 is 2.78 bits per heavy atom. The Morgan fingerprint density at radius 1 is 1.28 bits per heavy atom. The molecule has 0 spiro atoms. The third-order valence-electron chi connectivity index (χ3n) is 2.21. The standard InChI is InChI=1S/C14H15NO2S/c1-10(2)17-12-6-3-5-11(9-12)15-14(16)13-7-4-8-18-13/h3-10H,1-2H3,(H,15,16). The molecular weight excluding hydrogens is 246 g/mol. The van der Waals surface area contributed by atoms with Crippen LogP contribution in [0.15, 0.2) is 41.8 Å². The zero-order valence-corrected chi connectivity index (χ0v) is 11.2. The van der Waals surface area contributed by atoms with Gasteiger partial charge in [-0.1, -0.05) is 12.1 Å². The predicted molar refractivity (Wildman–Crippen MR) is 74.5 cm³/mol. The fourth-order valence-corrected chi connectivity index (χ4v) is 2.14. The molecule has 94 valence electrons. The van der Waals surface area contributed by atoms with E-state index in [1.807, 2.05) is 49.6 Å². The minimum atomic E-state index is -0.0910. The van der Waals surface area contributed by atoms with Crippen molar-refractivity contribution in [1.82, 2.24) is 0 Å². The van der Waals surface area contributed by atoms with E-state index in [4.69, 9.17) is 4.74 Å². The van der Waals surface area contributed by atoms with Gasteiger partial charge in [0.15, 0.2) is 0 Å². The molecule has 1 amide bonds. The van der Waals surface area contributed by atoms with Crippen LogP contribution in [0.25, 0.3) is 0 Å². The van der Waals surface area contributed by atoms with Gasteiger partial charge in [-0.05, 0) is 37.4 Å². The maximum absolute atomic E-state index is 11.9. The van der Waals surface area contributed by atoms with Gasteiger partial charge in [-0.2, -0.15) is 0 Å². The number of anilines is 1. The van der Waals surface area contributed by atoms with Crippen LogP contribution < -0.4 is 10.1 Å². The second kappa shape index (κ2) is 5.69. The molecule has 3 nitrogen and oxygen atoms in total. The first-order chi connectivity index (χ1) is 8.65. The number of benzene rings is 1. The highest BCUT2D eigenvalue weighted by molar-refractivity contribution is 7.12. The molecule has 0 unspecified atom stereocenters. The van der Waals surface area contributed by atoms with Gasteiger partial charge in [-0.15, -0.1) is 11.3 Å². The number of thiophene rings is 1. The van der Waals surface area contributed by atoms with Gasteiger partial charge in [0.25, 0.3) is 5.91 Å². The van der Waals surface area contributed by atoms with E-state index in [1.165, 1.54) is 11.3 Å². The van der Waals surface area contributed by atoms with Gasteiger partial charge in [-0.3, -0.25) is 4.79 Å². The highest BCUT2D eigenvalue weighted by Crippen LogP contribution is 2.20. The van der Waals surface area contributed by atoms with Crippen LogP contribution in [-0.2, 0) is 0 Å². The quantitative estimate of drug-likeness (QED) is 0.909. The minimum absolute atomic E-state index is 0.0910. The average molecular weight is 261 g/mol. The molecular formula is C14H15NO2S. The van der Waals surface area contributed by atoms with Crippen LogP contribution in [0.1, 0.15) is 23.5 Å². The van der Waals surface area contributed by atoms with Gasteiger partial charge >= 0.3 is 0 Å². The summed E-state index contributed by atoms with van der Waals surface area (Å²) >= 11 is 1.42. The highest BCUT2D eigenvalue weighted by Gasteiger charge is 2.07. The normalized spacial score (nSPS) is 10.4. The summed E-state index contributed by atoms with van der Waals surface area (Å²) in [6, 6.07) is 11.1. The molecule has 0 radical (unpaired) electrons. The van der Waals surface area contributed by atoms with E-state index < -0.39 is 0 Å². The second-order valence-electron chi connectivity index (χ2n) is 4.13. The Labute approximate surface area is 110 Å². The lowest BCUT2D eigenvalue weighted by Crippen LogP contribution is -2.10. The molecule has 18 heavy (non-hydrogen) atoms. The van der Waals surface area contributed by atoms with E-state index in [0.29, 0.717) is 4.88 Å². The molecule has 0 atom stereocenters. The first-order valence-corrected chi connectivity index (χ1v) is 6.64. The van der Waals surface area contributed by atoms with E-state index >= 15 is 0 Å². The number of hydrogen-bond acceptors (Lipinski definition) is 3. The van der Waals surface area contributed by atoms with Gasteiger partial charge in [0.2, 0.25) is 0 Å². The van der Waals surface area contributed by atoms with Crippen molar-refractivity contribution in [2.45, 2.75) is 20.0 Å². The molecule has 0 fully saturated rings. The molecule has 1 aromatic heterocycles. The Hall–Kier alpha value is -1.81. The molecule has 0 saturated carbocycles. The van der Waals surface area contributed by atoms with Gasteiger partial charge in [0.1, 0.15) is 5.75 Å². The van der Waals surface area contributed by atoms with Crippen LogP contribution in [0.5, 0.6) is 5.75 Å². The van der Waals surface area contributed by atoms with E-state index in [0.717, 1.165) is 11.4 Å². The zero-order valence-electron chi connectivity index (χ0n) is 10.3. The average Bonchev–Trinajstić information content (AvgIpc) is 2.81. The molecule has 0 aliphatic heterocycles. The van der Waals surface area contributed by atoms with E-state index in [9.17, 15) is 4.79 Å². The summed E-state index contributed by atoms with van der Waals surface area (Å²) in [4.78, 5) is 12.6. The van der Waals surface area contributed by atoms with Crippen LogP contribution in [0.2, 0.25) is 0 Å². The summed E-state index contributed by atoms with van der Waals surface area (Å²) in [5, 5.41) is 4.73. The van der Waals surface area contributed by atoms with Crippen LogP contribution in [0, 0.1) is 0 Å². The lowest BCUT2D eigenvalue weighted by Gasteiger charge is -2.11. The van der Waals surface area contributed by atoms with Gasteiger partial charge in [0.05, 0.1) is 11.0 Å². The molecule has 0 bridgehead atoms. The third kappa shape index (κ3) is 3.34.